The molecule has 0 aromatic heterocycles. The van der Waals surface area contributed by atoms with Crippen LogP contribution in [0.15, 0.2) is 0 Å². The van der Waals surface area contributed by atoms with E-state index in [1.165, 1.54) is 244 Å². The fraction of sp³-hybridized carbons (Fsp3) is 0.949. The minimum absolute atomic E-state index is 0.108. The van der Waals surface area contributed by atoms with E-state index in [0.29, 0.717) is 25.7 Å². The molecule has 0 saturated heterocycles. The number of hydrogen-bond donors (Lipinski definition) is 3. The monoisotopic (exact) mass is 1440 g/mol. The van der Waals surface area contributed by atoms with Gasteiger partial charge in [0, 0.05) is 25.7 Å². The predicted molar refractivity (Wildman–Crippen MR) is 400 cm³/mol. The Morgan fingerprint density at radius 2 is 0.490 bits per heavy atom. The second kappa shape index (κ2) is 72.0. The molecule has 0 aromatic carbocycles. The van der Waals surface area contributed by atoms with Crippen LogP contribution in [-0.2, 0) is 65.4 Å². The molecule has 0 rings (SSSR count). The molecule has 0 fully saturated rings. The molecule has 0 aromatic rings. The third-order valence-corrected chi connectivity index (χ3v) is 20.8. The van der Waals surface area contributed by atoms with E-state index in [4.69, 9.17) is 37.0 Å². The number of hydrogen-bond acceptors (Lipinski definition) is 15. The first-order valence-electron chi connectivity index (χ1n) is 41.2. The van der Waals surface area contributed by atoms with E-state index in [1.807, 2.05) is 0 Å². The lowest BCUT2D eigenvalue weighted by molar-refractivity contribution is -0.161. The fourth-order valence-electron chi connectivity index (χ4n) is 12.2. The summed E-state index contributed by atoms with van der Waals surface area (Å²) in [4.78, 5) is 73.0. The van der Waals surface area contributed by atoms with E-state index in [1.54, 1.807) is 0 Å². The van der Waals surface area contributed by atoms with Gasteiger partial charge in [-0.05, 0) is 31.6 Å². The highest BCUT2D eigenvalue weighted by Crippen LogP contribution is 2.45. The Hall–Kier alpha value is -1.94. The van der Waals surface area contributed by atoms with Crippen molar-refractivity contribution in [1.29, 1.82) is 0 Å². The van der Waals surface area contributed by atoms with E-state index in [-0.39, 0.29) is 25.7 Å². The summed E-state index contributed by atoms with van der Waals surface area (Å²) < 4.78 is 68.7. The van der Waals surface area contributed by atoms with E-state index in [9.17, 15) is 43.2 Å². The van der Waals surface area contributed by atoms with Gasteiger partial charge in [0.05, 0.1) is 26.4 Å². The van der Waals surface area contributed by atoms with Crippen molar-refractivity contribution in [3.8, 4) is 0 Å². The van der Waals surface area contributed by atoms with Crippen LogP contribution in [0.4, 0.5) is 0 Å². The molecule has 0 heterocycles. The number of aliphatic hydroxyl groups excluding tert-OH is 1. The maximum atomic E-state index is 13.1. The number of rotatable bonds is 79. The van der Waals surface area contributed by atoms with Gasteiger partial charge in [0.1, 0.15) is 19.3 Å². The average Bonchev–Trinajstić information content (AvgIpc) is 0.959. The van der Waals surface area contributed by atoms with Crippen molar-refractivity contribution < 1.29 is 80.2 Å². The number of carbonyl (C=O) groups is 4. The first-order valence-corrected chi connectivity index (χ1v) is 44.2. The Balaban J connectivity index is 5.26. The molecular weight excluding hydrogens is 1280 g/mol. The quantitative estimate of drug-likeness (QED) is 0.0222. The summed E-state index contributed by atoms with van der Waals surface area (Å²) in [6.45, 7) is 7.35. The smallest absolute Gasteiger partial charge is 0.462 e. The zero-order chi connectivity index (χ0) is 71.9. The van der Waals surface area contributed by atoms with Gasteiger partial charge < -0.3 is 33.8 Å². The van der Waals surface area contributed by atoms with Gasteiger partial charge in [-0.2, -0.15) is 0 Å². The van der Waals surface area contributed by atoms with Gasteiger partial charge in [0.25, 0.3) is 0 Å². The van der Waals surface area contributed by atoms with Crippen LogP contribution in [0, 0.1) is 5.92 Å². The number of phosphoric ester groups is 2. The van der Waals surface area contributed by atoms with Crippen molar-refractivity contribution in [2.24, 2.45) is 5.92 Å². The first kappa shape index (κ1) is 96.1. The molecule has 0 saturated carbocycles. The molecule has 0 amide bonds. The highest BCUT2D eigenvalue weighted by Gasteiger charge is 2.30. The molecule has 19 heteroatoms. The van der Waals surface area contributed by atoms with Crippen LogP contribution in [0.5, 0.6) is 0 Å². The van der Waals surface area contributed by atoms with Gasteiger partial charge in [-0.1, -0.05) is 369 Å². The van der Waals surface area contributed by atoms with Crippen LogP contribution >= 0.6 is 15.6 Å². The van der Waals surface area contributed by atoms with Crippen molar-refractivity contribution in [1.82, 2.24) is 0 Å². The average molecular weight is 1440 g/mol. The molecule has 0 radical (unpaired) electrons. The topological polar surface area (TPSA) is 237 Å². The summed E-state index contributed by atoms with van der Waals surface area (Å²) >= 11 is 0. The van der Waals surface area contributed by atoms with Gasteiger partial charge in [-0.25, -0.2) is 9.13 Å². The molecule has 98 heavy (non-hydrogen) atoms. The van der Waals surface area contributed by atoms with Crippen LogP contribution < -0.4 is 0 Å². The number of phosphoric acid groups is 2. The summed E-state index contributed by atoms with van der Waals surface area (Å²) in [5.74, 6) is -1.30. The number of carbonyl (C=O) groups excluding carboxylic acids is 4. The van der Waals surface area contributed by atoms with E-state index in [0.717, 1.165) is 95.8 Å². The molecule has 0 aliphatic heterocycles. The van der Waals surface area contributed by atoms with Crippen LogP contribution in [0.2, 0.25) is 0 Å². The SMILES string of the molecule is CCCCCCCCCCCCCCCCCCCCC(=O)O[C@H](COC(=O)CCCCCCCCCCCCC(C)CC)COP(=O)(O)OC[C@@H](O)COP(=O)(O)OC[C@@H](COC(=O)CCCCCCCCCCCCCCC)OC(=O)CCCCCCCCCCCCCCC. The van der Waals surface area contributed by atoms with E-state index < -0.39 is 97.5 Å². The van der Waals surface area contributed by atoms with Gasteiger partial charge in [0.2, 0.25) is 0 Å². The maximum Gasteiger partial charge on any atom is 0.472 e. The summed E-state index contributed by atoms with van der Waals surface area (Å²) in [5, 5.41) is 10.6. The minimum Gasteiger partial charge on any atom is -0.462 e. The number of ether oxygens (including phenoxy) is 4. The van der Waals surface area contributed by atoms with Gasteiger partial charge in [0.15, 0.2) is 12.2 Å². The Morgan fingerprint density at radius 1 is 0.286 bits per heavy atom. The van der Waals surface area contributed by atoms with Crippen LogP contribution in [0.1, 0.15) is 420 Å². The molecule has 3 unspecified atom stereocenters. The first-order chi connectivity index (χ1) is 47.6. The summed E-state index contributed by atoms with van der Waals surface area (Å²) in [6, 6.07) is 0. The van der Waals surface area contributed by atoms with Crippen molar-refractivity contribution in [3.05, 3.63) is 0 Å². The highest BCUT2D eigenvalue weighted by molar-refractivity contribution is 7.47. The summed E-state index contributed by atoms with van der Waals surface area (Å²) in [5.41, 5.74) is 0. The van der Waals surface area contributed by atoms with Gasteiger partial charge in [-0.15, -0.1) is 0 Å². The third-order valence-electron chi connectivity index (χ3n) is 18.9. The third kappa shape index (κ3) is 71.1. The molecule has 0 bridgehead atoms. The zero-order valence-electron chi connectivity index (χ0n) is 63.9. The van der Waals surface area contributed by atoms with E-state index >= 15 is 0 Å². The highest BCUT2D eigenvalue weighted by atomic mass is 31.2. The lowest BCUT2D eigenvalue weighted by Gasteiger charge is -2.21. The summed E-state index contributed by atoms with van der Waals surface area (Å²) in [7, 11) is -9.92. The standard InChI is InChI=1S/C79H154O17P2/c1-6-10-13-16-19-22-25-28-29-30-31-32-35-38-45-50-55-60-65-79(84)96-75(69-90-77(82)63-58-53-48-43-40-39-41-46-51-56-61-72(5)9-4)71-94-98(87,88)92-67-73(80)66-91-97(85,86)93-70-74(95-78(83)64-59-54-49-44-37-34-27-24-21-18-15-12-8-3)68-89-76(81)62-57-52-47-42-36-33-26-23-20-17-14-11-7-2/h72-75,80H,6-71H2,1-5H3,(H,85,86)(H,87,88)/t72?,73-,74+,75+/m0/s1. The molecular formula is C79H154O17P2. The Morgan fingerprint density at radius 3 is 0.724 bits per heavy atom. The summed E-state index contributed by atoms with van der Waals surface area (Å²) in [6.07, 6.45) is 62.2. The van der Waals surface area contributed by atoms with Gasteiger partial charge in [-0.3, -0.25) is 37.3 Å². The molecule has 6 atom stereocenters. The minimum atomic E-state index is -4.96. The van der Waals surface area contributed by atoms with Crippen LogP contribution in [-0.4, -0.2) is 96.7 Å². The van der Waals surface area contributed by atoms with Crippen molar-refractivity contribution >= 4 is 39.5 Å². The predicted octanol–water partition coefficient (Wildman–Crippen LogP) is 23.6. The second-order valence-electron chi connectivity index (χ2n) is 28.7. The molecule has 17 nitrogen and oxygen atoms in total. The fourth-order valence-corrected chi connectivity index (χ4v) is 13.8. The Bertz CT molecular complexity index is 1880. The van der Waals surface area contributed by atoms with Crippen molar-refractivity contribution in [3.63, 3.8) is 0 Å². The second-order valence-corrected chi connectivity index (χ2v) is 31.6. The lowest BCUT2D eigenvalue weighted by Crippen LogP contribution is -2.30. The van der Waals surface area contributed by atoms with Crippen molar-refractivity contribution in [2.75, 3.05) is 39.6 Å². The number of aliphatic hydroxyl groups is 1. The van der Waals surface area contributed by atoms with Crippen molar-refractivity contribution in [2.45, 2.75) is 438 Å². The largest absolute Gasteiger partial charge is 0.472 e. The zero-order valence-corrected chi connectivity index (χ0v) is 65.7. The van der Waals surface area contributed by atoms with Crippen LogP contribution in [0.3, 0.4) is 0 Å². The van der Waals surface area contributed by atoms with Crippen LogP contribution in [0.25, 0.3) is 0 Å². The number of unbranched alkanes of at least 4 members (excludes halogenated alkanes) is 50. The Labute approximate surface area is 600 Å². The Kier molecular flexibility index (Phi) is 70.6. The lowest BCUT2D eigenvalue weighted by atomic mass is 9.99. The normalized spacial score (nSPS) is 14.2. The molecule has 0 aliphatic carbocycles. The molecule has 3 N–H and O–H groups in total. The molecule has 0 aliphatic rings. The number of esters is 4. The maximum absolute atomic E-state index is 13.1. The van der Waals surface area contributed by atoms with E-state index in [2.05, 4.69) is 34.6 Å². The van der Waals surface area contributed by atoms with Gasteiger partial charge >= 0.3 is 39.5 Å². The molecule has 0 spiro atoms. The molecule has 582 valence electrons.